The van der Waals surface area contributed by atoms with Crippen LogP contribution in [-0.4, -0.2) is 352 Å². The number of guanidine groups is 2. The molecule has 0 radical (unpaired) electrons. The van der Waals surface area contributed by atoms with Gasteiger partial charge in [-0.1, -0.05) is 52.0 Å². The number of aliphatic imine (C=N–C) groups is 2. The van der Waals surface area contributed by atoms with Crippen molar-refractivity contribution in [3.05, 3.63) is 71.8 Å². The number of ether oxygens (including phenoxy) is 11. The van der Waals surface area contributed by atoms with Gasteiger partial charge in [-0.15, -0.1) is 0 Å². The maximum Gasteiger partial charge on any atom is 0.407 e. The number of nitrogens with two attached hydrogens (primary N) is 8. The van der Waals surface area contributed by atoms with E-state index in [0.29, 0.717) is 52.7 Å². The van der Waals surface area contributed by atoms with E-state index in [1.54, 1.807) is 74.5 Å². The first kappa shape index (κ1) is 104. The van der Waals surface area contributed by atoms with E-state index in [0.717, 1.165) is 77.8 Å². The zero-order valence-corrected chi connectivity index (χ0v) is 74.1. The SMILES string of the molecule is CC(C)NCCCCNCCCNC(=O)/C=C/c1ccc(O[C@H]2O[C@H](C)[C@@H](NC(=O)N[C@H]3OC[C@@H](O[C@@H]4OC[C@H]5OC(=O)N[C@@H]5[C@H]4NC(N)=O)[C@H](O)[C@H]3NC(N)=O)[C@H](O)[C@H]2N=C(N)N)cc1.CC(C)NCCCCNCCCNC(=O)/C=C/c1ccc(O[C@H]2O[C@H](C)[C@@H](NC(=O)N[C@H]3OC[C@@H](O[C@H]4OC[C@H](O)[C@H]5NC(=O)N(C(N)=O)[C@H]45)[C@H](O)[C@H]3NC(N)=O)[C@H](O)[C@H]2N=C(N)N)cc1. The molecule has 0 aliphatic carbocycles. The molecular formula is C80H130N26O26. The highest BCUT2D eigenvalue weighted by molar-refractivity contribution is 5.95. The Kier molecular flexibility index (Phi) is 40.4. The van der Waals surface area contributed by atoms with E-state index in [1.165, 1.54) is 12.2 Å². The van der Waals surface area contributed by atoms with Crippen LogP contribution in [0.15, 0.2) is 70.7 Å². The molecule has 8 fully saturated rings. The molecule has 10 rings (SSSR count). The van der Waals surface area contributed by atoms with Crippen molar-refractivity contribution < 1.29 is 126 Å². The van der Waals surface area contributed by atoms with Gasteiger partial charge < -0.3 is 203 Å². The minimum Gasteiger partial charge on any atom is -0.462 e. The van der Waals surface area contributed by atoms with Gasteiger partial charge in [0.05, 0.1) is 68.9 Å². The number of fused-ring (bicyclic) bond motifs is 2. The van der Waals surface area contributed by atoms with Crippen LogP contribution in [0.25, 0.3) is 12.2 Å². The van der Waals surface area contributed by atoms with E-state index >= 15 is 0 Å². The number of primary amides is 4. The van der Waals surface area contributed by atoms with Gasteiger partial charge >= 0.3 is 48.3 Å². The first-order chi connectivity index (χ1) is 62.9. The van der Waals surface area contributed by atoms with Gasteiger partial charge in [-0.2, -0.15) is 0 Å². The van der Waals surface area contributed by atoms with Crippen LogP contribution in [0.3, 0.4) is 0 Å². The molecule has 0 bridgehead atoms. The molecule has 52 nitrogen and oxygen atoms in total. The van der Waals surface area contributed by atoms with Crippen LogP contribution in [0.2, 0.25) is 0 Å². The molecule has 8 saturated heterocycles. The molecule has 26 atom stereocenters. The summed E-state index contributed by atoms with van der Waals surface area (Å²) in [4.78, 5) is 133. The van der Waals surface area contributed by atoms with Gasteiger partial charge in [0.15, 0.2) is 37.0 Å². The fourth-order valence-electron chi connectivity index (χ4n) is 15.5. The molecule has 2 aromatic rings. The van der Waals surface area contributed by atoms with Gasteiger partial charge in [-0.25, -0.2) is 53.2 Å². The Morgan fingerprint density at radius 2 is 0.894 bits per heavy atom. The summed E-state index contributed by atoms with van der Waals surface area (Å²) in [6, 6.07) is -4.46. The second kappa shape index (κ2) is 51.1. The minimum atomic E-state index is -1.64. The Hall–Kier alpha value is -11.3. The maximum atomic E-state index is 13.5. The number of imide groups is 1. The molecule has 52 heteroatoms. The smallest absolute Gasteiger partial charge is 0.407 e. The number of carbonyl (C=O) groups is 10. The van der Waals surface area contributed by atoms with Crippen LogP contribution in [0.4, 0.5) is 38.4 Å². The van der Waals surface area contributed by atoms with Crippen molar-refractivity contribution in [2.24, 2.45) is 55.9 Å². The third-order valence-corrected chi connectivity index (χ3v) is 22.0. The number of hydrogen-bond acceptors (Lipinski definition) is 32. The lowest BCUT2D eigenvalue weighted by Gasteiger charge is -2.44. The molecule has 8 heterocycles. The van der Waals surface area contributed by atoms with Crippen molar-refractivity contribution in [3.63, 3.8) is 0 Å². The molecule has 8 aliphatic rings. The summed E-state index contributed by atoms with van der Waals surface area (Å²) in [6.07, 6.45) is -9.18. The average Bonchev–Trinajstić information content (AvgIpc) is 1.76. The third kappa shape index (κ3) is 31.4. The molecule has 0 unspecified atom stereocenters. The maximum absolute atomic E-state index is 13.5. The summed E-state index contributed by atoms with van der Waals surface area (Å²) in [7, 11) is 0. The molecule has 8 aliphatic heterocycles. The number of rotatable bonds is 41. The third-order valence-electron chi connectivity index (χ3n) is 22.0. The number of aliphatic hydroxyl groups is 5. The standard InChI is InChI=1S/2C40H65N13O13/c1-19(2)46-15-5-4-13-45-14-6-16-47-25(55)12-9-21-7-10-22(11-8-21)65-34-29(48-36(41)42)32(57)26(20(3)64-34)50-39(60)52-33-28(49-37(43)58)31(56)24(18-62-33)66-35-30-27(23(54)17-63-35)51-40(61)53(30)38(44)59;1-19(2)46-15-5-4-13-45-14-6-16-47-25(54)12-9-21-7-10-22(11-8-21)64-35-30(48-36(41)42)32(56)26(20(3)63-35)51-39(59)53-33-29(50-38(44)58)31(55)24(18-61-33)65-34-28(49-37(43)57)27-23(17-62-34)66-40(60)52-27/h7-12,19-20,23-24,26-35,45-46,54,56-57H,4-6,13-18H2,1-3H3,(H2,44,59)(H,47,55)(H,51,61)(H4,41,42,48)(H3,43,49,58)(H2,50,52,60);7-12,19-20,23-24,26-35,45-46,55-56H,4-6,13-18H2,1-3H3,(H,47,54)(H,52,60)(H4,41,42,48)(H3,43,49,57)(H3,44,50,58)(H2,51,53,59)/b2*12-9+/t20-,23+,24-,26-,27-,28-,29-,30+,31+,32+,33+,34-,35-;20-,23-,24-,26-,27+,28-,29-,30-,31+,32+,33+,34+,35-/m11/s1. The van der Waals surface area contributed by atoms with E-state index in [4.69, 9.17) is 98.0 Å². The van der Waals surface area contributed by atoms with E-state index in [9.17, 15) is 73.5 Å². The second-order valence-electron chi connectivity index (χ2n) is 32.9. The summed E-state index contributed by atoms with van der Waals surface area (Å²) in [5, 5.41) is 97.7. The number of aliphatic hydroxyl groups excluding tert-OH is 5. The van der Waals surface area contributed by atoms with Crippen LogP contribution in [0.5, 0.6) is 11.5 Å². The van der Waals surface area contributed by atoms with E-state index in [2.05, 4.69) is 117 Å². The second-order valence-corrected chi connectivity index (χ2v) is 32.9. The summed E-state index contributed by atoms with van der Waals surface area (Å²) in [6.45, 7) is 16.9. The monoisotopic (exact) mass is 1870 g/mol. The average molecular weight is 1870 g/mol. The zero-order chi connectivity index (χ0) is 96.0. The molecule has 132 heavy (non-hydrogen) atoms. The van der Waals surface area contributed by atoms with Gasteiger partial charge in [0, 0.05) is 37.3 Å². The lowest BCUT2D eigenvalue weighted by molar-refractivity contribution is -0.268. The molecule has 0 spiro atoms. The summed E-state index contributed by atoms with van der Waals surface area (Å²) in [5.74, 6) is -0.616. The fraction of sp³-hybridized carbons (Fsp3) is 0.650. The number of unbranched alkanes of at least 4 members (excludes halogenated alkanes) is 2. The molecule has 2 aromatic carbocycles. The van der Waals surface area contributed by atoms with Crippen molar-refractivity contribution in [2.75, 3.05) is 78.8 Å². The Bertz CT molecular complexity index is 4220. The highest BCUT2D eigenvalue weighted by Crippen LogP contribution is 2.34. The van der Waals surface area contributed by atoms with Crippen LogP contribution < -0.4 is 135 Å². The normalized spacial score (nSPS) is 30.7. The summed E-state index contributed by atoms with van der Waals surface area (Å²) >= 11 is 0. The number of amides is 17. The summed E-state index contributed by atoms with van der Waals surface area (Å²) in [5.41, 5.74) is 45.8. The van der Waals surface area contributed by atoms with E-state index in [1.807, 2.05) is 0 Å². The number of nitrogens with one attached hydrogen (secondary N) is 15. The van der Waals surface area contributed by atoms with Crippen molar-refractivity contribution >= 4 is 84.2 Å². The Morgan fingerprint density at radius 1 is 0.477 bits per heavy atom. The largest absolute Gasteiger partial charge is 0.462 e. The number of benzene rings is 2. The Labute approximate surface area is 760 Å². The predicted molar refractivity (Wildman–Crippen MR) is 470 cm³/mol. The van der Waals surface area contributed by atoms with Gasteiger partial charge in [0.2, 0.25) is 24.4 Å². The van der Waals surface area contributed by atoms with Crippen molar-refractivity contribution in [1.29, 1.82) is 0 Å². The van der Waals surface area contributed by atoms with Crippen molar-refractivity contribution in [3.8, 4) is 11.5 Å². The number of hydrogen-bond donors (Lipinski definition) is 28. The van der Waals surface area contributed by atoms with Gasteiger partial charge in [0.25, 0.3) is 0 Å². The lowest BCUT2D eigenvalue weighted by Crippen LogP contribution is -2.70. The topological polar surface area (TPSA) is 790 Å². The minimum absolute atomic E-state index is 0.127. The Morgan fingerprint density at radius 3 is 1.32 bits per heavy atom. The quantitative estimate of drug-likeness (QED) is 0.0127. The number of urea groups is 7. The molecule has 0 saturated carbocycles. The predicted octanol–water partition coefficient (Wildman–Crippen LogP) is -7.56. The first-order valence-corrected chi connectivity index (χ1v) is 43.6. The fourth-order valence-corrected chi connectivity index (χ4v) is 15.5. The van der Waals surface area contributed by atoms with E-state index in [-0.39, 0.29) is 31.6 Å². The molecule has 36 N–H and O–H groups in total. The lowest BCUT2D eigenvalue weighted by atomic mass is 9.95. The zero-order valence-electron chi connectivity index (χ0n) is 74.1. The van der Waals surface area contributed by atoms with Crippen LogP contribution in [0.1, 0.15) is 91.2 Å². The van der Waals surface area contributed by atoms with Gasteiger partial charge in [-0.3, -0.25) is 9.59 Å². The first-order valence-electron chi connectivity index (χ1n) is 43.6. The highest BCUT2D eigenvalue weighted by Gasteiger charge is 2.57. The van der Waals surface area contributed by atoms with Gasteiger partial charge in [-0.05, 0) is 139 Å². The summed E-state index contributed by atoms with van der Waals surface area (Å²) < 4.78 is 64.1. The number of carbonyl (C=O) groups excluding carboxylic acids is 10. The van der Waals surface area contributed by atoms with Crippen LogP contribution >= 0.6 is 0 Å². The molecule has 0 aromatic heterocycles. The highest BCUT2D eigenvalue weighted by atomic mass is 16.7. The van der Waals surface area contributed by atoms with E-state index < -0.39 is 226 Å². The number of alkyl carbamates (subject to hydrolysis) is 1. The van der Waals surface area contributed by atoms with Gasteiger partial charge in [0.1, 0.15) is 90.5 Å². The molecule has 17 amide bonds. The molecular weight excluding hydrogens is 1740 g/mol. The van der Waals surface area contributed by atoms with Crippen LogP contribution in [-0.2, 0) is 52.2 Å². The molecule has 736 valence electrons. The van der Waals surface area contributed by atoms with Crippen molar-refractivity contribution in [1.82, 2.24) is 84.7 Å². The number of nitrogens with zero attached hydrogens (tertiary/aromatic N) is 3. The van der Waals surface area contributed by atoms with Crippen LogP contribution in [0, 0.1) is 0 Å². The Balaban J connectivity index is 0.000000297. The van der Waals surface area contributed by atoms with Crippen molar-refractivity contribution in [2.45, 2.75) is 251 Å².